The molecule has 0 radical (unpaired) electrons. The van der Waals surface area contributed by atoms with Crippen molar-refractivity contribution >= 4 is 21.2 Å². The SMILES string of the molecule is Cc1nc(C)c(CN(C)[C@H]2CCCC[C@@H]2S(C)(=O)=O)s1. The van der Waals surface area contributed by atoms with Crippen LogP contribution in [0.25, 0.3) is 0 Å². The van der Waals surface area contributed by atoms with Crippen LogP contribution in [0, 0.1) is 13.8 Å². The number of aryl methyl sites for hydroxylation is 2. The van der Waals surface area contributed by atoms with Crippen LogP contribution >= 0.6 is 11.3 Å². The van der Waals surface area contributed by atoms with Crippen molar-refractivity contribution in [3.05, 3.63) is 15.6 Å². The maximum atomic E-state index is 12.0. The molecule has 0 amide bonds. The van der Waals surface area contributed by atoms with Crippen molar-refractivity contribution in [3.8, 4) is 0 Å². The third kappa shape index (κ3) is 3.59. The summed E-state index contributed by atoms with van der Waals surface area (Å²) in [5.74, 6) is 0. The Hall–Kier alpha value is -0.460. The van der Waals surface area contributed by atoms with E-state index >= 15 is 0 Å². The van der Waals surface area contributed by atoms with Gasteiger partial charge in [0.15, 0.2) is 9.84 Å². The fourth-order valence-corrected chi connectivity index (χ4v) is 5.65. The Balaban J connectivity index is 2.14. The molecule has 0 N–H and O–H groups in total. The van der Waals surface area contributed by atoms with Crippen LogP contribution < -0.4 is 0 Å². The lowest BCUT2D eigenvalue weighted by Crippen LogP contribution is -2.46. The zero-order chi connectivity index (χ0) is 14.9. The van der Waals surface area contributed by atoms with Gasteiger partial charge in [-0.15, -0.1) is 11.3 Å². The first-order chi connectivity index (χ1) is 9.29. The van der Waals surface area contributed by atoms with E-state index in [4.69, 9.17) is 0 Å². The van der Waals surface area contributed by atoms with Crippen molar-refractivity contribution < 1.29 is 8.42 Å². The van der Waals surface area contributed by atoms with Gasteiger partial charge in [0.05, 0.1) is 16.0 Å². The number of hydrogen-bond donors (Lipinski definition) is 0. The maximum Gasteiger partial charge on any atom is 0.151 e. The van der Waals surface area contributed by atoms with Gasteiger partial charge in [-0.05, 0) is 33.7 Å². The molecular weight excluding hydrogens is 292 g/mol. The zero-order valence-electron chi connectivity index (χ0n) is 12.7. The zero-order valence-corrected chi connectivity index (χ0v) is 14.4. The van der Waals surface area contributed by atoms with Crippen LogP contribution in [0.2, 0.25) is 0 Å². The number of sulfone groups is 1. The summed E-state index contributed by atoms with van der Waals surface area (Å²) in [6.45, 7) is 4.84. The van der Waals surface area contributed by atoms with E-state index in [0.717, 1.165) is 42.9 Å². The predicted octanol–water partition coefficient (Wildman–Crippen LogP) is 2.55. The monoisotopic (exact) mass is 316 g/mol. The summed E-state index contributed by atoms with van der Waals surface area (Å²) >= 11 is 1.71. The lowest BCUT2D eigenvalue weighted by Gasteiger charge is -2.36. The highest BCUT2D eigenvalue weighted by Crippen LogP contribution is 2.29. The third-order valence-corrected chi connectivity index (χ3v) is 6.88. The minimum Gasteiger partial charge on any atom is -0.297 e. The Kier molecular flexibility index (Phi) is 4.87. The molecule has 1 aromatic heterocycles. The second kappa shape index (κ2) is 6.12. The van der Waals surface area contributed by atoms with Gasteiger partial charge in [-0.3, -0.25) is 4.90 Å². The van der Waals surface area contributed by atoms with Crippen LogP contribution in [-0.4, -0.2) is 42.9 Å². The van der Waals surface area contributed by atoms with Gasteiger partial charge in [0, 0.05) is 23.7 Å². The second-order valence-corrected chi connectivity index (χ2v) is 9.43. The Labute approximate surface area is 126 Å². The summed E-state index contributed by atoms with van der Waals surface area (Å²) in [5, 5.41) is 0.866. The Bertz CT molecular complexity index is 566. The Morgan fingerprint density at radius 3 is 2.50 bits per heavy atom. The molecule has 0 bridgehead atoms. The predicted molar refractivity (Wildman–Crippen MR) is 83.9 cm³/mol. The molecule has 1 heterocycles. The number of rotatable bonds is 4. The van der Waals surface area contributed by atoms with Crippen LogP contribution in [0.15, 0.2) is 0 Å². The summed E-state index contributed by atoms with van der Waals surface area (Å²) in [7, 11) is -0.927. The molecular formula is C14H24N2O2S2. The highest BCUT2D eigenvalue weighted by Gasteiger charge is 2.35. The molecule has 0 unspecified atom stereocenters. The van der Waals surface area contributed by atoms with Crippen molar-refractivity contribution in [2.75, 3.05) is 13.3 Å². The van der Waals surface area contributed by atoms with Gasteiger partial charge < -0.3 is 0 Å². The normalized spacial score (nSPS) is 24.2. The van der Waals surface area contributed by atoms with Gasteiger partial charge in [-0.25, -0.2) is 13.4 Å². The first kappa shape index (κ1) is 15.9. The number of hydrogen-bond acceptors (Lipinski definition) is 5. The average Bonchev–Trinajstić information content (AvgIpc) is 2.66. The molecule has 0 aromatic carbocycles. The van der Waals surface area contributed by atoms with E-state index in [1.165, 1.54) is 11.1 Å². The van der Waals surface area contributed by atoms with Crippen molar-refractivity contribution in [2.24, 2.45) is 0 Å². The summed E-state index contributed by atoms with van der Waals surface area (Å²) in [6.07, 6.45) is 5.31. The molecule has 1 aromatic rings. The number of nitrogens with zero attached hydrogens (tertiary/aromatic N) is 2. The summed E-state index contributed by atoms with van der Waals surface area (Å²) < 4.78 is 24.0. The van der Waals surface area contributed by atoms with E-state index in [-0.39, 0.29) is 11.3 Å². The molecule has 4 nitrogen and oxygen atoms in total. The van der Waals surface area contributed by atoms with E-state index in [1.54, 1.807) is 11.3 Å². The fraction of sp³-hybridized carbons (Fsp3) is 0.786. The van der Waals surface area contributed by atoms with E-state index < -0.39 is 9.84 Å². The maximum absolute atomic E-state index is 12.0. The summed E-state index contributed by atoms with van der Waals surface area (Å²) in [6, 6.07) is 0.139. The minimum atomic E-state index is -2.97. The van der Waals surface area contributed by atoms with Gasteiger partial charge in [0.2, 0.25) is 0 Å². The number of aromatic nitrogens is 1. The van der Waals surface area contributed by atoms with Gasteiger partial charge >= 0.3 is 0 Å². The molecule has 0 aliphatic heterocycles. The molecule has 20 heavy (non-hydrogen) atoms. The smallest absolute Gasteiger partial charge is 0.151 e. The molecule has 114 valence electrons. The van der Waals surface area contributed by atoms with Crippen LogP contribution in [0.4, 0.5) is 0 Å². The Morgan fingerprint density at radius 2 is 1.95 bits per heavy atom. The van der Waals surface area contributed by atoms with Gasteiger partial charge in [-0.1, -0.05) is 12.8 Å². The largest absolute Gasteiger partial charge is 0.297 e. The molecule has 1 aliphatic carbocycles. The Morgan fingerprint density at radius 1 is 1.30 bits per heavy atom. The van der Waals surface area contributed by atoms with E-state index in [1.807, 2.05) is 20.9 Å². The van der Waals surface area contributed by atoms with Crippen molar-refractivity contribution in [3.63, 3.8) is 0 Å². The van der Waals surface area contributed by atoms with Gasteiger partial charge in [0.1, 0.15) is 0 Å². The lowest BCUT2D eigenvalue weighted by atomic mass is 9.94. The summed E-state index contributed by atoms with van der Waals surface area (Å²) in [4.78, 5) is 7.92. The van der Waals surface area contributed by atoms with Crippen molar-refractivity contribution in [1.29, 1.82) is 0 Å². The standard InChI is InChI=1S/C14H24N2O2S2/c1-10-13(19-11(2)15-10)9-16(3)12-7-5-6-8-14(12)20(4,17)18/h12,14H,5-9H2,1-4H3/t12-,14-/m0/s1. The molecule has 2 atom stereocenters. The van der Waals surface area contributed by atoms with Crippen molar-refractivity contribution in [2.45, 2.75) is 57.4 Å². The topological polar surface area (TPSA) is 50.3 Å². The van der Waals surface area contributed by atoms with Crippen LogP contribution in [0.1, 0.15) is 41.3 Å². The van der Waals surface area contributed by atoms with Gasteiger partial charge in [-0.2, -0.15) is 0 Å². The molecule has 1 fully saturated rings. The van der Waals surface area contributed by atoms with Gasteiger partial charge in [0.25, 0.3) is 0 Å². The summed E-state index contributed by atoms with van der Waals surface area (Å²) in [5.41, 5.74) is 1.08. The number of thiazole rings is 1. The second-order valence-electron chi connectivity index (χ2n) is 5.88. The van der Waals surface area contributed by atoms with Crippen LogP contribution in [-0.2, 0) is 16.4 Å². The fourth-order valence-electron chi connectivity index (χ4n) is 3.14. The molecule has 2 rings (SSSR count). The first-order valence-corrected chi connectivity index (χ1v) is 9.88. The van der Waals surface area contributed by atoms with E-state index in [9.17, 15) is 8.42 Å². The lowest BCUT2D eigenvalue weighted by molar-refractivity contribution is 0.188. The first-order valence-electron chi connectivity index (χ1n) is 7.11. The highest BCUT2D eigenvalue weighted by atomic mass is 32.2. The molecule has 1 aliphatic rings. The van der Waals surface area contributed by atoms with Crippen molar-refractivity contribution in [1.82, 2.24) is 9.88 Å². The molecule has 0 spiro atoms. The van der Waals surface area contributed by atoms with Crippen LogP contribution in [0.5, 0.6) is 0 Å². The molecule has 1 saturated carbocycles. The molecule has 0 saturated heterocycles. The quantitative estimate of drug-likeness (QED) is 0.856. The minimum absolute atomic E-state index is 0.139. The average molecular weight is 316 g/mol. The highest BCUT2D eigenvalue weighted by molar-refractivity contribution is 7.91. The third-order valence-electron chi connectivity index (χ3n) is 4.18. The van der Waals surface area contributed by atoms with E-state index in [0.29, 0.717) is 0 Å². The molecule has 6 heteroatoms. The van der Waals surface area contributed by atoms with Crippen LogP contribution in [0.3, 0.4) is 0 Å². The van der Waals surface area contributed by atoms with E-state index in [2.05, 4.69) is 9.88 Å².